The van der Waals surface area contributed by atoms with E-state index >= 15 is 0 Å². The van der Waals surface area contributed by atoms with Crippen LogP contribution in [0.15, 0.2) is 24.3 Å². The molecule has 0 radical (unpaired) electrons. The Kier molecular flexibility index (Phi) is 5.55. The molecule has 0 spiro atoms. The average Bonchev–Trinajstić information content (AvgIpc) is 3.01. The summed E-state index contributed by atoms with van der Waals surface area (Å²) < 4.78 is 0.419. The Labute approximate surface area is 144 Å². The molecule has 128 valence electrons. The SMILES string of the molecule is CC(NCC1(C)CCCS1)c1ccc(N2CCC(O)CC2)cc1. The highest BCUT2D eigenvalue weighted by atomic mass is 32.2. The van der Waals surface area contributed by atoms with Crippen LogP contribution in [0.25, 0.3) is 0 Å². The minimum Gasteiger partial charge on any atom is -0.393 e. The number of rotatable bonds is 5. The molecule has 2 atom stereocenters. The number of anilines is 1. The number of aliphatic hydroxyl groups is 1. The molecule has 0 amide bonds. The van der Waals surface area contributed by atoms with Gasteiger partial charge >= 0.3 is 0 Å². The van der Waals surface area contributed by atoms with Gasteiger partial charge in [0.2, 0.25) is 0 Å². The van der Waals surface area contributed by atoms with Gasteiger partial charge in [-0.05, 0) is 63.0 Å². The molecule has 2 aliphatic heterocycles. The molecule has 4 heteroatoms. The predicted octanol–water partition coefficient (Wildman–Crippen LogP) is 3.58. The highest BCUT2D eigenvalue weighted by Gasteiger charge is 2.29. The van der Waals surface area contributed by atoms with Crippen LogP contribution in [-0.2, 0) is 0 Å². The normalized spacial score (nSPS) is 27.3. The molecule has 1 aromatic rings. The van der Waals surface area contributed by atoms with Gasteiger partial charge in [-0.2, -0.15) is 11.8 Å². The second-order valence-electron chi connectivity index (χ2n) is 7.31. The zero-order valence-corrected chi connectivity index (χ0v) is 15.2. The zero-order valence-electron chi connectivity index (χ0n) is 14.4. The van der Waals surface area contributed by atoms with Crippen molar-refractivity contribution in [1.82, 2.24) is 5.32 Å². The fourth-order valence-corrected chi connectivity index (χ4v) is 4.82. The van der Waals surface area contributed by atoms with Gasteiger partial charge in [0, 0.05) is 36.1 Å². The quantitative estimate of drug-likeness (QED) is 0.863. The summed E-state index contributed by atoms with van der Waals surface area (Å²) in [7, 11) is 0. The molecule has 3 nitrogen and oxygen atoms in total. The summed E-state index contributed by atoms with van der Waals surface area (Å²) in [5, 5.41) is 13.3. The van der Waals surface area contributed by atoms with E-state index in [1.165, 1.54) is 29.8 Å². The van der Waals surface area contributed by atoms with E-state index in [1.807, 2.05) is 0 Å². The highest BCUT2D eigenvalue weighted by molar-refractivity contribution is 8.00. The average molecular weight is 335 g/mol. The smallest absolute Gasteiger partial charge is 0.0574 e. The number of hydrogen-bond acceptors (Lipinski definition) is 4. The molecule has 1 aromatic carbocycles. The first kappa shape index (κ1) is 17.1. The minimum absolute atomic E-state index is 0.107. The molecule has 2 unspecified atom stereocenters. The van der Waals surface area contributed by atoms with Crippen molar-refractivity contribution >= 4 is 17.4 Å². The number of aliphatic hydroxyl groups excluding tert-OH is 1. The van der Waals surface area contributed by atoms with Crippen molar-refractivity contribution in [2.75, 3.05) is 30.3 Å². The number of nitrogens with zero attached hydrogens (tertiary/aromatic N) is 1. The summed E-state index contributed by atoms with van der Waals surface area (Å²) in [4.78, 5) is 2.38. The Morgan fingerprint density at radius 2 is 2.00 bits per heavy atom. The lowest BCUT2D eigenvalue weighted by Crippen LogP contribution is -2.36. The van der Waals surface area contributed by atoms with E-state index in [4.69, 9.17) is 0 Å². The third kappa shape index (κ3) is 4.43. The van der Waals surface area contributed by atoms with E-state index in [-0.39, 0.29) is 6.10 Å². The first-order valence-corrected chi connectivity index (χ1v) is 9.95. The van der Waals surface area contributed by atoms with Gasteiger partial charge in [0.15, 0.2) is 0 Å². The summed E-state index contributed by atoms with van der Waals surface area (Å²) in [5.41, 5.74) is 2.64. The predicted molar refractivity (Wildman–Crippen MR) is 100 cm³/mol. The van der Waals surface area contributed by atoms with Crippen LogP contribution < -0.4 is 10.2 Å². The molecule has 0 aliphatic carbocycles. The third-order valence-electron chi connectivity index (χ3n) is 5.31. The van der Waals surface area contributed by atoms with Gasteiger partial charge in [-0.15, -0.1) is 0 Å². The fraction of sp³-hybridized carbons (Fsp3) is 0.684. The molecular formula is C19H30N2OS. The Morgan fingerprint density at radius 3 is 2.61 bits per heavy atom. The number of thioether (sulfide) groups is 1. The monoisotopic (exact) mass is 334 g/mol. The van der Waals surface area contributed by atoms with E-state index in [0.29, 0.717) is 10.8 Å². The van der Waals surface area contributed by atoms with E-state index in [0.717, 1.165) is 32.5 Å². The van der Waals surface area contributed by atoms with E-state index in [1.54, 1.807) is 0 Å². The Bertz CT molecular complexity index is 491. The summed E-state index contributed by atoms with van der Waals surface area (Å²) in [5.74, 6) is 1.31. The van der Waals surface area contributed by atoms with Gasteiger partial charge < -0.3 is 15.3 Å². The van der Waals surface area contributed by atoms with E-state index in [9.17, 15) is 5.11 Å². The Hall–Kier alpha value is -0.710. The number of piperidine rings is 1. The first-order valence-electron chi connectivity index (χ1n) is 8.96. The lowest BCUT2D eigenvalue weighted by atomic mass is 10.0. The van der Waals surface area contributed by atoms with Crippen molar-refractivity contribution in [3.05, 3.63) is 29.8 Å². The van der Waals surface area contributed by atoms with Crippen molar-refractivity contribution in [1.29, 1.82) is 0 Å². The second-order valence-corrected chi connectivity index (χ2v) is 9.00. The Balaban J connectivity index is 1.54. The maximum Gasteiger partial charge on any atom is 0.0574 e. The Morgan fingerprint density at radius 1 is 1.30 bits per heavy atom. The van der Waals surface area contributed by atoms with Crippen LogP contribution in [0.3, 0.4) is 0 Å². The molecule has 2 aliphatic rings. The first-order chi connectivity index (χ1) is 11.1. The van der Waals surface area contributed by atoms with Crippen molar-refractivity contribution in [2.24, 2.45) is 0 Å². The molecule has 3 rings (SSSR count). The van der Waals surface area contributed by atoms with Crippen molar-refractivity contribution in [2.45, 2.75) is 56.4 Å². The van der Waals surface area contributed by atoms with Crippen LogP contribution in [0.2, 0.25) is 0 Å². The largest absolute Gasteiger partial charge is 0.393 e. The van der Waals surface area contributed by atoms with Crippen molar-refractivity contribution in [3.8, 4) is 0 Å². The van der Waals surface area contributed by atoms with Crippen LogP contribution in [0.4, 0.5) is 5.69 Å². The minimum atomic E-state index is -0.107. The van der Waals surface area contributed by atoms with Gasteiger partial charge in [-0.1, -0.05) is 12.1 Å². The van der Waals surface area contributed by atoms with Gasteiger partial charge in [0.25, 0.3) is 0 Å². The number of benzene rings is 1. The molecule has 2 fully saturated rings. The van der Waals surface area contributed by atoms with Crippen molar-refractivity contribution in [3.63, 3.8) is 0 Å². The second kappa shape index (κ2) is 7.45. The molecule has 23 heavy (non-hydrogen) atoms. The van der Waals surface area contributed by atoms with Crippen LogP contribution in [0.5, 0.6) is 0 Å². The summed E-state index contributed by atoms with van der Waals surface area (Å²) >= 11 is 2.11. The van der Waals surface area contributed by atoms with Crippen LogP contribution in [-0.4, -0.2) is 41.3 Å². The number of hydrogen-bond donors (Lipinski definition) is 2. The van der Waals surface area contributed by atoms with Gasteiger partial charge in [-0.3, -0.25) is 0 Å². The lowest BCUT2D eigenvalue weighted by Gasteiger charge is -2.31. The molecular weight excluding hydrogens is 304 g/mol. The van der Waals surface area contributed by atoms with Crippen molar-refractivity contribution < 1.29 is 5.11 Å². The summed E-state index contributed by atoms with van der Waals surface area (Å²) in [6.07, 6.45) is 4.35. The van der Waals surface area contributed by atoms with E-state index in [2.05, 4.69) is 60.1 Å². The zero-order chi connectivity index (χ0) is 16.3. The number of nitrogens with one attached hydrogen (secondary N) is 1. The third-order valence-corrected chi connectivity index (χ3v) is 6.84. The fourth-order valence-electron chi connectivity index (χ4n) is 3.56. The maximum absolute atomic E-state index is 9.62. The lowest BCUT2D eigenvalue weighted by molar-refractivity contribution is 0.145. The van der Waals surface area contributed by atoms with Crippen LogP contribution in [0, 0.1) is 0 Å². The summed E-state index contributed by atoms with van der Waals surface area (Å²) in [6.45, 7) is 7.66. The molecule has 0 saturated carbocycles. The standard InChI is InChI=1S/C19H30N2OS/c1-15(20-14-19(2)10-3-13-23-19)16-4-6-17(7-5-16)21-11-8-18(22)9-12-21/h4-7,15,18,20,22H,3,8-14H2,1-2H3. The van der Waals surface area contributed by atoms with Gasteiger partial charge in [-0.25, -0.2) is 0 Å². The molecule has 0 bridgehead atoms. The van der Waals surface area contributed by atoms with Gasteiger partial charge in [0.1, 0.15) is 0 Å². The molecule has 0 aromatic heterocycles. The van der Waals surface area contributed by atoms with Gasteiger partial charge in [0.05, 0.1) is 6.10 Å². The maximum atomic E-state index is 9.62. The van der Waals surface area contributed by atoms with Crippen LogP contribution in [0.1, 0.15) is 51.1 Å². The van der Waals surface area contributed by atoms with E-state index < -0.39 is 0 Å². The molecule has 2 N–H and O–H groups in total. The molecule has 2 heterocycles. The summed E-state index contributed by atoms with van der Waals surface area (Å²) in [6, 6.07) is 9.36. The molecule has 2 saturated heterocycles. The topological polar surface area (TPSA) is 35.5 Å². The highest BCUT2D eigenvalue weighted by Crippen LogP contribution is 2.37. The van der Waals surface area contributed by atoms with Crippen LogP contribution >= 0.6 is 11.8 Å².